The first-order chi connectivity index (χ1) is 46.5. The molecule has 24 nitrogen and oxygen atoms in total. The Morgan fingerprint density at radius 3 is 0.792 bits per heavy atom. The number of carbonyl (C=O) groups excluding carboxylic acids is 10. The fourth-order valence-electron chi connectivity index (χ4n) is 10.1. The van der Waals surface area contributed by atoms with Gasteiger partial charge in [-0.15, -0.1) is 0 Å². The summed E-state index contributed by atoms with van der Waals surface area (Å²) in [5, 5.41) is 1.81. The molecule has 0 aromatic heterocycles. The summed E-state index contributed by atoms with van der Waals surface area (Å²) in [4.78, 5) is 122. The molecule has 0 saturated carbocycles. The molecule has 4 fully saturated rings. The van der Waals surface area contributed by atoms with Crippen LogP contribution in [0.3, 0.4) is 0 Å². The smallest absolute Gasteiger partial charge is 0.338 e. The number of hydrogen-bond acceptors (Lipinski definition) is 24. The minimum atomic E-state index is -0.734. The number of alkyl halides is 2. The van der Waals surface area contributed by atoms with Crippen LogP contribution in [-0.4, -0.2) is 159 Å². The van der Waals surface area contributed by atoms with Gasteiger partial charge >= 0.3 is 59.7 Å². The second-order valence-corrected chi connectivity index (χ2v) is 23.9. The minimum absolute atomic E-state index is 0.0460. The highest BCUT2D eigenvalue weighted by Crippen LogP contribution is 2.34. The summed E-state index contributed by atoms with van der Waals surface area (Å²) < 4.78 is 76.8. The number of carbonyl (C=O) groups is 10. The van der Waals surface area contributed by atoms with Crippen LogP contribution in [0.4, 0.5) is 0 Å². The third kappa shape index (κ3) is 24.8. The van der Waals surface area contributed by atoms with Gasteiger partial charge in [-0.25, -0.2) is 28.8 Å². The first-order valence-electron chi connectivity index (χ1n) is 31.8. The summed E-state index contributed by atoms with van der Waals surface area (Å²) >= 11 is 6.73. The minimum Gasteiger partial charge on any atom is -0.463 e. The Morgan fingerprint density at radius 1 is 0.344 bits per heavy atom. The van der Waals surface area contributed by atoms with Gasteiger partial charge in [-0.05, 0) is 161 Å². The molecule has 96 heavy (non-hydrogen) atoms. The van der Waals surface area contributed by atoms with Gasteiger partial charge in [-0.1, -0.05) is 57.9 Å². The maximum Gasteiger partial charge on any atom is 0.338 e. The van der Waals surface area contributed by atoms with Gasteiger partial charge in [0, 0.05) is 48.5 Å². The van der Waals surface area contributed by atoms with Crippen LogP contribution >= 0.6 is 31.9 Å². The average molecular weight is 1460 g/mol. The first kappa shape index (κ1) is 75.2. The molecule has 0 amide bonds. The Kier molecular flexibility index (Phi) is 31.7. The molecule has 4 aliphatic rings. The standard InChI is InChI=1S/C38H42O14.C32H36Br2O10/c1-3-31(39)45-21-9-5-7-11-33(41)49-27-17-13-25(14-18-27)37(43)51-29-23-47-36-30(24-48-35(29)36)52-38(44)26-15-19-28(20-16-26)50-34(42)12-8-6-10-22-46-32(40)4-2;33-17-5-1-3-7-27(35)41-23-13-9-21(10-14-23)31(37)43-25-19-39-30-26(20-40-29(25)30)44-32(38)22-11-15-24(16-12-22)42-28(36)8-4-2-6-18-34/h3-4,13-20,29-30,35-36H,1-2,5-12,21-24H2;9-16,25-26,29-30H,1-8,17-20H2/t29-,30-,35-,36-;25-,26-,29-,30-/m11/s1. The zero-order valence-corrected chi connectivity index (χ0v) is 56.1. The highest BCUT2D eigenvalue weighted by atomic mass is 79.9. The highest BCUT2D eigenvalue weighted by molar-refractivity contribution is 9.09. The predicted octanol–water partition coefficient (Wildman–Crippen LogP) is 10.6. The van der Waals surface area contributed by atoms with E-state index < -0.39 is 96.6 Å². The lowest BCUT2D eigenvalue weighted by molar-refractivity contribution is -0.138. The van der Waals surface area contributed by atoms with E-state index in [1.54, 1.807) is 24.3 Å². The molecule has 0 bridgehead atoms. The van der Waals surface area contributed by atoms with Gasteiger partial charge in [-0.3, -0.25) is 19.2 Å². The van der Waals surface area contributed by atoms with E-state index in [0.717, 1.165) is 61.3 Å². The molecule has 0 aliphatic carbocycles. The molecule has 26 heteroatoms. The summed E-state index contributed by atoms with van der Waals surface area (Å²) in [6.07, 6.45) is 7.09. The van der Waals surface area contributed by atoms with Crippen molar-refractivity contribution in [3.05, 3.63) is 145 Å². The molecule has 8 atom stereocenters. The predicted molar refractivity (Wildman–Crippen MR) is 348 cm³/mol. The lowest BCUT2D eigenvalue weighted by atomic mass is 10.1. The average Bonchev–Trinajstić information content (AvgIpc) is 1.66. The van der Waals surface area contributed by atoms with E-state index in [0.29, 0.717) is 62.9 Å². The van der Waals surface area contributed by atoms with Gasteiger partial charge in [0.2, 0.25) is 0 Å². The van der Waals surface area contributed by atoms with Crippen LogP contribution in [-0.2, 0) is 76.1 Å². The molecule has 4 aromatic carbocycles. The Morgan fingerprint density at radius 2 is 0.573 bits per heavy atom. The van der Waals surface area contributed by atoms with E-state index in [9.17, 15) is 47.9 Å². The van der Waals surface area contributed by atoms with Crippen LogP contribution in [0.25, 0.3) is 0 Å². The molecular formula is C70H78Br2O24. The second kappa shape index (κ2) is 40.4. The summed E-state index contributed by atoms with van der Waals surface area (Å²) in [7, 11) is 0. The van der Waals surface area contributed by atoms with Gasteiger partial charge in [0.05, 0.1) is 61.9 Å². The fourth-order valence-corrected chi connectivity index (χ4v) is 10.9. The molecule has 4 saturated heterocycles. The number of hydrogen-bond donors (Lipinski definition) is 0. The Bertz CT molecular complexity index is 3030. The summed E-state index contributed by atoms with van der Waals surface area (Å²) in [6.45, 7) is 7.44. The van der Waals surface area contributed by atoms with Crippen LogP contribution in [0.2, 0.25) is 0 Å². The number of halogens is 2. The van der Waals surface area contributed by atoms with Crippen LogP contribution < -0.4 is 18.9 Å². The third-order valence-corrected chi connectivity index (χ3v) is 16.3. The lowest BCUT2D eigenvalue weighted by Crippen LogP contribution is -2.36. The van der Waals surface area contributed by atoms with Gasteiger partial charge in [0.15, 0.2) is 24.4 Å². The van der Waals surface area contributed by atoms with Gasteiger partial charge in [0.1, 0.15) is 47.4 Å². The number of esters is 10. The first-order valence-corrected chi connectivity index (χ1v) is 34.0. The molecule has 0 unspecified atom stereocenters. The normalized spacial score (nSPS) is 19.5. The van der Waals surface area contributed by atoms with Crippen molar-refractivity contribution in [2.24, 2.45) is 0 Å². The Labute approximate surface area is 572 Å². The molecule has 0 radical (unpaired) electrons. The molecule has 8 rings (SSSR count). The number of ether oxygens (including phenoxy) is 14. The lowest BCUT2D eigenvalue weighted by Gasteiger charge is -2.17. The molecule has 0 N–H and O–H groups in total. The van der Waals surface area contributed by atoms with Crippen LogP contribution in [0.1, 0.15) is 144 Å². The largest absolute Gasteiger partial charge is 0.463 e. The van der Waals surface area contributed by atoms with Crippen molar-refractivity contribution in [1.82, 2.24) is 0 Å². The van der Waals surface area contributed by atoms with E-state index in [1.807, 2.05) is 0 Å². The van der Waals surface area contributed by atoms with E-state index >= 15 is 0 Å². The van der Waals surface area contributed by atoms with E-state index in [2.05, 4.69) is 45.0 Å². The monoisotopic (exact) mass is 1460 g/mol. The van der Waals surface area contributed by atoms with Crippen molar-refractivity contribution in [1.29, 1.82) is 0 Å². The molecule has 4 aliphatic heterocycles. The molecule has 0 spiro atoms. The summed E-state index contributed by atoms with van der Waals surface area (Å²) in [6, 6.07) is 24.2. The van der Waals surface area contributed by atoms with Crippen molar-refractivity contribution in [2.75, 3.05) is 50.3 Å². The SMILES string of the molecule is C=CC(=O)OCCCCCC(=O)Oc1ccc(C(=O)O[C@@H]2CO[C@H]3[C@@H]2OC[C@H]3OC(=O)c2ccc(OC(=O)CCCCCOC(=O)C=C)cc2)cc1.O=C(CCCCCBr)Oc1ccc(C(=O)O[C@@H]2CO[C@H]3[C@@H]2OC[C@H]3OC(=O)c2ccc(OC(=O)CCCCCBr)cc2)cc1. The number of benzene rings is 4. The molecular weight excluding hydrogens is 1380 g/mol. The maximum atomic E-state index is 12.9. The number of fused-ring (bicyclic) bond motifs is 2. The van der Waals surface area contributed by atoms with Gasteiger partial charge < -0.3 is 66.3 Å². The van der Waals surface area contributed by atoms with Crippen molar-refractivity contribution in [3.63, 3.8) is 0 Å². The zero-order chi connectivity index (χ0) is 68.6. The Balaban J connectivity index is 0.000000275. The topological polar surface area (TPSA) is 300 Å². The van der Waals surface area contributed by atoms with Crippen molar-refractivity contribution in [2.45, 2.75) is 152 Å². The van der Waals surface area contributed by atoms with Crippen LogP contribution in [0, 0.1) is 0 Å². The molecule has 4 aromatic rings. The van der Waals surface area contributed by atoms with Crippen molar-refractivity contribution < 1.29 is 114 Å². The van der Waals surface area contributed by atoms with Gasteiger partial charge in [-0.2, -0.15) is 0 Å². The summed E-state index contributed by atoms with van der Waals surface area (Å²) in [5.41, 5.74) is 1.04. The van der Waals surface area contributed by atoms with E-state index in [1.165, 1.54) is 72.8 Å². The molecule has 516 valence electrons. The molecule has 4 heterocycles. The Hall–Kier alpha value is -8.14. The zero-order valence-electron chi connectivity index (χ0n) is 52.9. The van der Waals surface area contributed by atoms with Crippen molar-refractivity contribution >= 4 is 91.6 Å². The van der Waals surface area contributed by atoms with E-state index in [4.69, 9.17) is 66.3 Å². The fraction of sp³-hybridized carbons (Fsp3) is 0.457. The van der Waals surface area contributed by atoms with Crippen molar-refractivity contribution in [3.8, 4) is 23.0 Å². The highest BCUT2D eigenvalue weighted by Gasteiger charge is 2.52. The van der Waals surface area contributed by atoms with Crippen LogP contribution in [0.15, 0.2) is 122 Å². The maximum absolute atomic E-state index is 12.9. The summed E-state index contributed by atoms with van der Waals surface area (Å²) in [5.74, 6) is -3.59. The number of unbranched alkanes of at least 4 members (excludes halogenated alkanes) is 8. The third-order valence-electron chi connectivity index (χ3n) is 15.1. The second-order valence-electron chi connectivity index (χ2n) is 22.3. The quantitative estimate of drug-likeness (QED) is 0.0102. The van der Waals surface area contributed by atoms with Crippen LogP contribution in [0.5, 0.6) is 23.0 Å². The van der Waals surface area contributed by atoms with Gasteiger partial charge in [0.25, 0.3) is 0 Å². The van der Waals surface area contributed by atoms with E-state index in [-0.39, 0.29) is 98.2 Å². The number of rotatable bonds is 36.